The number of likely N-dealkylation sites (tertiary alicyclic amines) is 1. The van der Waals surface area contributed by atoms with Crippen molar-refractivity contribution in [1.82, 2.24) is 19.4 Å². The molecule has 0 saturated carbocycles. The summed E-state index contributed by atoms with van der Waals surface area (Å²) in [7, 11) is 1.51. The van der Waals surface area contributed by atoms with E-state index >= 15 is 0 Å². The zero-order valence-electron chi connectivity index (χ0n) is 10.3. The lowest BCUT2D eigenvalue weighted by atomic mass is 10.0. The molecule has 3 rings (SSSR count). The molecular weight excluding hydrogens is 264 g/mol. The van der Waals surface area contributed by atoms with E-state index in [1.807, 2.05) is 6.07 Å². The number of hydrogen-bond acceptors (Lipinski definition) is 4. The Kier molecular flexibility index (Phi) is 2.70. The summed E-state index contributed by atoms with van der Waals surface area (Å²) in [4.78, 5) is 32.0. The van der Waals surface area contributed by atoms with Crippen LogP contribution in [0.4, 0.5) is 0 Å². The fourth-order valence-electron chi connectivity index (χ4n) is 2.43. The van der Waals surface area contributed by atoms with Gasteiger partial charge in [-0.3, -0.25) is 19.5 Å². The molecule has 7 heteroatoms. The van der Waals surface area contributed by atoms with E-state index in [-0.39, 0.29) is 11.8 Å². The Labute approximate surface area is 114 Å². The Morgan fingerprint density at radius 1 is 1.47 bits per heavy atom. The number of imidazole rings is 1. The Balaban J connectivity index is 2.15. The van der Waals surface area contributed by atoms with Gasteiger partial charge in [0.05, 0.1) is 17.2 Å². The number of H-pyrrole nitrogens is 1. The first kappa shape index (κ1) is 12.0. The third-order valence-corrected chi connectivity index (χ3v) is 3.75. The second kappa shape index (κ2) is 4.27. The van der Waals surface area contributed by atoms with E-state index in [0.717, 1.165) is 11.0 Å². The van der Waals surface area contributed by atoms with Crippen molar-refractivity contribution in [3.63, 3.8) is 0 Å². The van der Waals surface area contributed by atoms with Crippen LogP contribution in [0.15, 0.2) is 18.5 Å². The van der Waals surface area contributed by atoms with Gasteiger partial charge >= 0.3 is 0 Å². The van der Waals surface area contributed by atoms with Gasteiger partial charge in [-0.2, -0.15) is 0 Å². The maximum Gasteiger partial charge on any atom is 0.252 e. The molecule has 3 heterocycles. The molecule has 6 nitrogen and oxygen atoms in total. The van der Waals surface area contributed by atoms with Crippen LogP contribution in [0, 0.1) is 4.77 Å². The maximum atomic E-state index is 12.2. The summed E-state index contributed by atoms with van der Waals surface area (Å²) in [6.45, 7) is 0. The molecule has 98 valence electrons. The second-order valence-corrected chi connectivity index (χ2v) is 4.93. The minimum atomic E-state index is -0.425. The maximum absolute atomic E-state index is 12.2. The van der Waals surface area contributed by atoms with Crippen LogP contribution in [0.1, 0.15) is 18.9 Å². The number of aromatic amines is 1. The van der Waals surface area contributed by atoms with E-state index in [9.17, 15) is 9.59 Å². The number of aromatic nitrogens is 3. The van der Waals surface area contributed by atoms with Gasteiger partial charge < -0.3 is 9.55 Å². The summed E-state index contributed by atoms with van der Waals surface area (Å²) < 4.78 is 2.25. The van der Waals surface area contributed by atoms with Crippen molar-refractivity contribution in [2.75, 3.05) is 7.05 Å². The number of nitrogens with zero attached hydrogens (tertiary/aromatic N) is 3. The average Bonchev–Trinajstić information content (AvgIpc) is 2.73. The molecular formula is C12H12N4O2S. The third kappa shape index (κ3) is 1.77. The molecule has 1 atom stereocenters. The lowest BCUT2D eigenvalue weighted by molar-refractivity contribution is -0.149. The Hall–Kier alpha value is -2.02. The van der Waals surface area contributed by atoms with Gasteiger partial charge in [0.15, 0.2) is 4.77 Å². The van der Waals surface area contributed by atoms with Crippen LogP contribution in [0.2, 0.25) is 0 Å². The molecule has 1 N–H and O–H groups in total. The number of likely N-dealkylation sites (N-methyl/N-ethyl adjacent to an activating group) is 1. The highest BCUT2D eigenvalue weighted by Gasteiger charge is 2.34. The van der Waals surface area contributed by atoms with E-state index < -0.39 is 6.04 Å². The number of fused-ring (bicyclic) bond motifs is 1. The van der Waals surface area contributed by atoms with Gasteiger partial charge in [-0.1, -0.05) is 0 Å². The number of piperidine rings is 1. The molecule has 1 fully saturated rings. The zero-order valence-corrected chi connectivity index (χ0v) is 11.1. The predicted octanol–water partition coefficient (Wildman–Crippen LogP) is 1.41. The van der Waals surface area contributed by atoms with Gasteiger partial charge in [0.1, 0.15) is 6.04 Å². The lowest BCUT2D eigenvalue weighted by Crippen LogP contribution is -2.43. The monoisotopic (exact) mass is 276 g/mol. The number of imide groups is 1. The lowest BCUT2D eigenvalue weighted by Gasteiger charge is -2.28. The van der Waals surface area contributed by atoms with E-state index in [1.54, 1.807) is 17.0 Å². The molecule has 0 radical (unpaired) electrons. The minimum Gasteiger partial charge on any atom is -0.329 e. The number of nitrogens with one attached hydrogen (secondary N) is 1. The molecule has 0 aromatic carbocycles. The predicted molar refractivity (Wildman–Crippen MR) is 71.0 cm³/mol. The minimum absolute atomic E-state index is 0.144. The van der Waals surface area contributed by atoms with E-state index in [1.165, 1.54) is 11.9 Å². The molecule has 19 heavy (non-hydrogen) atoms. The summed E-state index contributed by atoms with van der Waals surface area (Å²) in [6, 6.07) is 1.39. The normalized spacial score (nSPS) is 20.3. The van der Waals surface area contributed by atoms with Gasteiger partial charge in [-0.25, -0.2) is 0 Å². The number of hydrogen-bond donors (Lipinski definition) is 1. The van der Waals surface area contributed by atoms with Crippen LogP contribution in [0.5, 0.6) is 0 Å². The van der Waals surface area contributed by atoms with Gasteiger partial charge in [-0.15, -0.1) is 0 Å². The molecule has 1 unspecified atom stereocenters. The fraction of sp³-hybridized carbons (Fsp3) is 0.333. The summed E-state index contributed by atoms with van der Waals surface area (Å²) in [5.74, 6) is -0.362. The van der Waals surface area contributed by atoms with Gasteiger partial charge in [-0.05, 0) is 24.7 Å². The van der Waals surface area contributed by atoms with Crippen molar-refractivity contribution < 1.29 is 9.59 Å². The Morgan fingerprint density at radius 3 is 3.05 bits per heavy atom. The molecule has 2 amide bonds. The second-order valence-electron chi connectivity index (χ2n) is 4.54. The molecule has 2 aromatic rings. The highest BCUT2D eigenvalue weighted by Crippen LogP contribution is 2.27. The van der Waals surface area contributed by atoms with Crippen LogP contribution in [-0.2, 0) is 9.59 Å². The number of pyridine rings is 1. The summed E-state index contributed by atoms with van der Waals surface area (Å²) >= 11 is 5.28. The van der Waals surface area contributed by atoms with Crippen molar-refractivity contribution in [3.8, 4) is 0 Å². The van der Waals surface area contributed by atoms with Gasteiger partial charge in [0, 0.05) is 19.7 Å². The molecule has 1 saturated heterocycles. The quantitative estimate of drug-likeness (QED) is 0.631. The van der Waals surface area contributed by atoms with Crippen molar-refractivity contribution >= 4 is 35.1 Å². The third-order valence-electron chi connectivity index (χ3n) is 3.45. The number of rotatable bonds is 1. The molecule has 2 aromatic heterocycles. The number of carbonyl (C=O) groups is 2. The highest BCUT2D eigenvalue weighted by atomic mass is 32.1. The SMILES string of the molecule is CN1C(=O)CCC(n2c(=S)[nH]c3cnccc32)C1=O. The highest BCUT2D eigenvalue weighted by molar-refractivity contribution is 7.71. The molecule has 0 bridgehead atoms. The van der Waals surface area contributed by atoms with E-state index in [4.69, 9.17) is 12.2 Å². The molecule has 1 aliphatic heterocycles. The van der Waals surface area contributed by atoms with Gasteiger partial charge in [0.25, 0.3) is 5.91 Å². The van der Waals surface area contributed by atoms with Gasteiger partial charge in [0.2, 0.25) is 5.91 Å². The number of amides is 2. The average molecular weight is 276 g/mol. The Morgan fingerprint density at radius 2 is 2.26 bits per heavy atom. The Bertz CT molecular complexity index is 733. The fourth-order valence-corrected chi connectivity index (χ4v) is 2.76. The molecule has 0 aliphatic carbocycles. The van der Waals surface area contributed by atoms with E-state index in [0.29, 0.717) is 17.6 Å². The smallest absolute Gasteiger partial charge is 0.252 e. The molecule has 1 aliphatic rings. The van der Waals surface area contributed by atoms with Crippen LogP contribution in [-0.4, -0.2) is 38.3 Å². The summed E-state index contributed by atoms with van der Waals surface area (Å²) in [6.07, 6.45) is 4.16. The molecule has 0 spiro atoms. The van der Waals surface area contributed by atoms with E-state index in [2.05, 4.69) is 9.97 Å². The van der Waals surface area contributed by atoms with Crippen LogP contribution in [0.25, 0.3) is 11.0 Å². The van der Waals surface area contributed by atoms with Crippen molar-refractivity contribution in [3.05, 3.63) is 23.2 Å². The van der Waals surface area contributed by atoms with Crippen molar-refractivity contribution in [2.45, 2.75) is 18.9 Å². The van der Waals surface area contributed by atoms with Crippen LogP contribution in [0.3, 0.4) is 0 Å². The first-order valence-corrected chi connectivity index (χ1v) is 6.35. The standard InChI is InChI=1S/C12H12N4O2S/c1-15-10(17)3-2-9(11(15)18)16-8-4-5-13-6-7(8)14-12(16)19/h4-6,9H,2-3H2,1H3,(H,14,19). The topological polar surface area (TPSA) is 71.0 Å². The van der Waals surface area contributed by atoms with Crippen LogP contribution < -0.4 is 0 Å². The summed E-state index contributed by atoms with van der Waals surface area (Å²) in [5.41, 5.74) is 1.63. The van der Waals surface area contributed by atoms with Crippen molar-refractivity contribution in [2.24, 2.45) is 0 Å². The largest absolute Gasteiger partial charge is 0.329 e. The zero-order chi connectivity index (χ0) is 13.6. The van der Waals surface area contributed by atoms with Crippen LogP contribution >= 0.6 is 12.2 Å². The van der Waals surface area contributed by atoms with Crippen molar-refractivity contribution in [1.29, 1.82) is 0 Å². The first-order chi connectivity index (χ1) is 9.09. The number of carbonyl (C=O) groups excluding carboxylic acids is 2. The summed E-state index contributed by atoms with van der Waals surface area (Å²) in [5, 5.41) is 0. The first-order valence-electron chi connectivity index (χ1n) is 5.94.